The molecule has 0 radical (unpaired) electrons. The van der Waals surface area contributed by atoms with Crippen molar-refractivity contribution in [2.75, 3.05) is 0 Å². The van der Waals surface area contributed by atoms with Crippen molar-refractivity contribution in [1.82, 2.24) is 4.98 Å². The number of hydrogen-bond donors (Lipinski definition) is 0. The first-order chi connectivity index (χ1) is 11.8. The van der Waals surface area contributed by atoms with Crippen molar-refractivity contribution >= 4 is 24.5 Å². The van der Waals surface area contributed by atoms with Crippen molar-refractivity contribution in [1.29, 1.82) is 0 Å². The maximum Gasteiger partial charge on any atom is 0.226 e. The molecule has 3 nitrogen and oxygen atoms in total. The Hall–Kier alpha value is -3.20. The van der Waals surface area contributed by atoms with Gasteiger partial charge in [-0.3, -0.25) is 4.79 Å². The summed E-state index contributed by atoms with van der Waals surface area (Å²) >= 11 is 0. The van der Waals surface area contributed by atoms with Gasteiger partial charge in [-0.25, -0.2) is 4.98 Å². The van der Waals surface area contributed by atoms with Crippen LogP contribution in [0.4, 0.5) is 0 Å². The third kappa shape index (κ3) is 3.76. The second-order valence-electron chi connectivity index (χ2n) is 5.32. The molecule has 0 saturated carbocycles. The lowest BCUT2D eigenvalue weighted by atomic mass is 10.1. The number of aromatic nitrogens is 1. The second kappa shape index (κ2) is 7.38. The fraction of sp³-hybridized carbons (Fsp3) is 0.0476. The van der Waals surface area contributed by atoms with Gasteiger partial charge in [-0.05, 0) is 42.3 Å². The Morgan fingerprint density at radius 1 is 0.875 bits per heavy atom. The summed E-state index contributed by atoms with van der Waals surface area (Å²) in [7, 11) is 0. The highest BCUT2D eigenvalue weighted by Crippen LogP contribution is 2.22. The van der Waals surface area contributed by atoms with E-state index < -0.39 is 0 Å². The lowest BCUT2D eigenvalue weighted by Gasteiger charge is -1.95. The summed E-state index contributed by atoms with van der Waals surface area (Å²) in [4.78, 5) is 14.9. The van der Waals surface area contributed by atoms with Crippen LogP contribution in [0.5, 0.6) is 0 Å². The van der Waals surface area contributed by atoms with Gasteiger partial charge >= 0.3 is 0 Å². The molecule has 0 aliphatic carbocycles. The first kappa shape index (κ1) is 15.7. The van der Waals surface area contributed by atoms with Gasteiger partial charge in [-0.1, -0.05) is 54.6 Å². The summed E-state index contributed by atoms with van der Waals surface area (Å²) in [6.07, 6.45) is 7.96. The minimum absolute atomic E-state index is 0.627. The second-order valence-corrected chi connectivity index (χ2v) is 5.32. The molecule has 0 unspecified atom stereocenters. The molecule has 3 aromatic rings. The Bertz CT molecular complexity index is 872. The number of carbonyl (C=O) groups is 1. The van der Waals surface area contributed by atoms with E-state index in [2.05, 4.69) is 4.98 Å². The number of allylic oxidation sites excluding steroid dienone is 1. The Morgan fingerprint density at radius 3 is 2.21 bits per heavy atom. The van der Waals surface area contributed by atoms with Gasteiger partial charge in [0.15, 0.2) is 0 Å². The van der Waals surface area contributed by atoms with Gasteiger partial charge in [0.05, 0.1) is 0 Å². The molecule has 118 valence electrons. The van der Waals surface area contributed by atoms with Crippen LogP contribution in [0.15, 0.2) is 65.1 Å². The van der Waals surface area contributed by atoms with E-state index in [1.165, 1.54) is 6.08 Å². The highest BCUT2D eigenvalue weighted by Gasteiger charge is 2.08. The van der Waals surface area contributed by atoms with Crippen LogP contribution in [0.3, 0.4) is 0 Å². The first-order valence-electron chi connectivity index (χ1n) is 7.69. The standard InChI is InChI=1S/C21H17NO2/c1-16-20(22-21(24-16)19-7-3-2-4-8-19)14-13-18-11-9-17(10-12-18)6-5-15-23/h2-15H,1H3/b6-5+,14-13?. The molecule has 0 amide bonds. The van der Waals surface area contributed by atoms with Crippen molar-refractivity contribution in [3.8, 4) is 11.5 Å². The van der Waals surface area contributed by atoms with Crippen LogP contribution in [-0.4, -0.2) is 11.3 Å². The molecule has 0 aliphatic heterocycles. The average Bonchev–Trinajstić information content (AvgIpc) is 3.01. The maximum absolute atomic E-state index is 10.3. The third-order valence-electron chi connectivity index (χ3n) is 3.59. The van der Waals surface area contributed by atoms with E-state index in [1.807, 2.05) is 73.7 Å². The molecule has 0 atom stereocenters. The molecule has 3 rings (SSSR count). The van der Waals surface area contributed by atoms with Crippen LogP contribution >= 0.6 is 0 Å². The highest BCUT2D eigenvalue weighted by atomic mass is 16.4. The molecule has 0 N–H and O–H groups in total. The van der Waals surface area contributed by atoms with Crippen molar-refractivity contribution in [3.05, 3.63) is 83.3 Å². The molecular weight excluding hydrogens is 298 g/mol. The Balaban J connectivity index is 1.78. The summed E-state index contributed by atoms with van der Waals surface area (Å²) in [5, 5.41) is 0. The molecule has 2 aromatic carbocycles. The number of rotatable bonds is 5. The van der Waals surface area contributed by atoms with E-state index in [-0.39, 0.29) is 0 Å². The van der Waals surface area contributed by atoms with Crippen LogP contribution in [0.1, 0.15) is 22.6 Å². The van der Waals surface area contributed by atoms with Crippen molar-refractivity contribution in [2.24, 2.45) is 0 Å². The smallest absolute Gasteiger partial charge is 0.226 e. The van der Waals surface area contributed by atoms with Gasteiger partial charge in [0, 0.05) is 5.56 Å². The molecule has 1 heterocycles. The molecule has 0 saturated heterocycles. The van der Waals surface area contributed by atoms with E-state index >= 15 is 0 Å². The molecule has 24 heavy (non-hydrogen) atoms. The molecule has 0 aliphatic rings. The quantitative estimate of drug-likeness (QED) is 0.490. The highest BCUT2D eigenvalue weighted by molar-refractivity contribution is 5.75. The Labute approximate surface area is 141 Å². The molecular formula is C21H17NO2. The maximum atomic E-state index is 10.3. The number of oxazole rings is 1. The van der Waals surface area contributed by atoms with E-state index in [0.29, 0.717) is 5.89 Å². The minimum Gasteiger partial charge on any atom is -0.441 e. The summed E-state index contributed by atoms with van der Waals surface area (Å²) in [5.41, 5.74) is 3.83. The van der Waals surface area contributed by atoms with Crippen LogP contribution < -0.4 is 0 Å². The van der Waals surface area contributed by atoms with E-state index in [1.54, 1.807) is 6.08 Å². The molecule has 0 fully saturated rings. The molecule has 0 spiro atoms. The number of aryl methyl sites for hydroxylation is 1. The zero-order valence-electron chi connectivity index (χ0n) is 13.3. The predicted molar refractivity (Wildman–Crippen MR) is 97.1 cm³/mol. The summed E-state index contributed by atoms with van der Waals surface area (Å²) < 4.78 is 5.75. The predicted octanol–water partition coefficient (Wildman–Crippen LogP) is 5.03. The lowest BCUT2D eigenvalue weighted by molar-refractivity contribution is -0.104. The van der Waals surface area contributed by atoms with Crippen molar-refractivity contribution < 1.29 is 9.21 Å². The van der Waals surface area contributed by atoms with Crippen molar-refractivity contribution in [2.45, 2.75) is 6.92 Å². The van der Waals surface area contributed by atoms with Gasteiger partial charge < -0.3 is 4.42 Å². The van der Waals surface area contributed by atoms with Crippen molar-refractivity contribution in [3.63, 3.8) is 0 Å². The summed E-state index contributed by atoms with van der Waals surface area (Å²) in [6, 6.07) is 17.8. The van der Waals surface area contributed by atoms with Crippen LogP contribution in [0.2, 0.25) is 0 Å². The largest absolute Gasteiger partial charge is 0.441 e. The van der Waals surface area contributed by atoms with Gasteiger partial charge in [0.1, 0.15) is 17.7 Å². The van der Waals surface area contributed by atoms with E-state index in [0.717, 1.165) is 34.4 Å². The van der Waals surface area contributed by atoms with Gasteiger partial charge in [-0.2, -0.15) is 0 Å². The van der Waals surface area contributed by atoms with E-state index in [4.69, 9.17) is 4.42 Å². The molecule has 0 bridgehead atoms. The van der Waals surface area contributed by atoms with Crippen LogP contribution in [0.25, 0.3) is 29.7 Å². The summed E-state index contributed by atoms with van der Waals surface area (Å²) in [6.45, 7) is 1.91. The van der Waals surface area contributed by atoms with Crippen LogP contribution in [0, 0.1) is 6.92 Å². The zero-order valence-corrected chi connectivity index (χ0v) is 13.3. The SMILES string of the molecule is Cc1oc(-c2ccccc2)nc1C=Cc1ccc(/C=C/C=O)cc1. The van der Waals surface area contributed by atoms with E-state index in [9.17, 15) is 4.79 Å². The Morgan fingerprint density at radius 2 is 1.54 bits per heavy atom. The fourth-order valence-corrected chi connectivity index (χ4v) is 2.31. The average molecular weight is 315 g/mol. The molecule has 1 aromatic heterocycles. The number of aldehydes is 1. The minimum atomic E-state index is 0.627. The summed E-state index contributed by atoms with van der Waals surface area (Å²) in [5.74, 6) is 1.41. The fourth-order valence-electron chi connectivity index (χ4n) is 2.31. The normalized spacial score (nSPS) is 11.4. The molecule has 3 heteroatoms. The van der Waals surface area contributed by atoms with Gasteiger partial charge in [0.2, 0.25) is 5.89 Å². The third-order valence-corrected chi connectivity index (χ3v) is 3.59. The number of hydrogen-bond acceptors (Lipinski definition) is 3. The topological polar surface area (TPSA) is 43.1 Å². The lowest BCUT2D eigenvalue weighted by Crippen LogP contribution is -1.79. The zero-order chi connectivity index (χ0) is 16.8. The van der Waals surface area contributed by atoms with Gasteiger partial charge in [0.25, 0.3) is 0 Å². The first-order valence-corrected chi connectivity index (χ1v) is 7.69. The Kier molecular flexibility index (Phi) is 4.82. The van der Waals surface area contributed by atoms with Gasteiger partial charge in [-0.15, -0.1) is 0 Å². The number of benzene rings is 2. The number of carbonyl (C=O) groups excluding carboxylic acids is 1. The number of nitrogens with zero attached hydrogens (tertiary/aromatic N) is 1. The van der Waals surface area contributed by atoms with Crippen LogP contribution in [-0.2, 0) is 4.79 Å². The monoisotopic (exact) mass is 315 g/mol.